The molecule has 0 bridgehead atoms. The van der Waals surface area contributed by atoms with Crippen molar-refractivity contribution >= 4 is 28.4 Å². The van der Waals surface area contributed by atoms with Crippen LogP contribution < -0.4 is 15.8 Å². The summed E-state index contributed by atoms with van der Waals surface area (Å²) >= 11 is 0. The number of hydrogen-bond donors (Lipinski definition) is 2. The van der Waals surface area contributed by atoms with Gasteiger partial charge in [0.1, 0.15) is 23.3 Å². The molecule has 3 aromatic heterocycles. The first-order chi connectivity index (χ1) is 16.6. The van der Waals surface area contributed by atoms with Crippen LogP contribution >= 0.6 is 0 Å². The third-order valence-electron chi connectivity index (χ3n) is 7.75. The van der Waals surface area contributed by atoms with Gasteiger partial charge in [0.2, 0.25) is 5.88 Å². The number of carbonyl (C=O) groups is 1. The number of nitrogens with zero attached hydrogens (tertiary/aromatic N) is 3. The average Bonchev–Trinajstić information content (AvgIpc) is 3.71. The molecule has 0 amide bonds. The zero-order valence-corrected chi connectivity index (χ0v) is 20.6. The van der Waals surface area contributed by atoms with Gasteiger partial charge in [0, 0.05) is 23.9 Å². The monoisotopic (exact) mass is 473 g/mol. The van der Waals surface area contributed by atoms with Crippen molar-refractivity contribution in [2.24, 2.45) is 11.7 Å². The van der Waals surface area contributed by atoms with Gasteiger partial charge < -0.3 is 20.5 Å². The quantitative estimate of drug-likeness (QED) is 0.484. The van der Waals surface area contributed by atoms with Crippen LogP contribution in [0.1, 0.15) is 80.9 Å². The van der Waals surface area contributed by atoms with E-state index in [-0.39, 0.29) is 18.0 Å². The number of fused-ring (bicyclic) bond motifs is 2. The van der Waals surface area contributed by atoms with E-state index in [1.165, 1.54) is 0 Å². The molecule has 0 spiro atoms. The number of nitrogens with one attached hydrogen (secondary N) is 1. The molecule has 2 aliphatic carbocycles. The van der Waals surface area contributed by atoms with Crippen LogP contribution in [0.15, 0.2) is 30.6 Å². The van der Waals surface area contributed by atoms with E-state index in [2.05, 4.69) is 22.2 Å². The smallest absolute Gasteiger partial charge is 0.340 e. The molecule has 0 radical (unpaired) electrons. The summed E-state index contributed by atoms with van der Waals surface area (Å²) in [6.07, 6.45) is 8.27. The lowest BCUT2D eigenvalue weighted by Gasteiger charge is -2.36. The Morgan fingerprint density at radius 3 is 2.60 bits per heavy atom. The number of anilines is 2. The molecule has 3 N–H and O–H groups in total. The van der Waals surface area contributed by atoms with Crippen LogP contribution in [-0.2, 0) is 10.3 Å². The van der Waals surface area contributed by atoms with Crippen LogP contribution in [0.5, 0.6) is 5.88 Å². The van der Waals surface area contributed by atoms with Gasteiger partial charge in [-0.2, -0.15) is 0 Å². The lowest BCUT2D eigenvalue weighted by molar-refractivity contribution is -0.0189. The molecule has 1 aliphatic heterocycles. The van der Waals surface area contributed by atoms with Gasteiger partial charge in [0.15, 0.2) is 0 Å². The van der Waals surface area contributed by atoms with Gasteiger partial charge in [-0.15, -0.1) is 0 Å². The fraction of sp³-hybridized carbons (Fsp3) is 0.481. The largest absolute Gasteiger partial charge is 0.474 e. The number of ether oxygens (including phenoxy) is 2. The Labute approximate surface area is 204 Å². The summed E-state index contributed by atoms with van der Waals surface area (Å²) in [7, 11) is 0. The fourth-order valence-corrected chi connectivity index (χ4v) is 4.84. The van der Waals surface area contributed by atoms with Gasteiger partial charge in [0.25, 0.3) is 0 Å². The molecule has 2 saturated carbocycles. The van der Waals surface area contributed by atoms with Crippen molar-refractivity contribution < 1.29 is 14.3 Å². The van der Waals surface area contributed by atoms with Gasteiger partial charge in [-0.1, -0.05) is 6.92 Å². The average molecular weight is 474 g/mol. The highest BCUT2D eigenvalue weighted by Gasteiger charge is 2.42. The second-order valence-electron chi connectivity index (χ2n) is 10.9. The van der Waals surface area contributed by atoms with Crippen LogP contribution in [0.3, 0.4) is 0 Å². The molecule has 4 heterocycles. The maximum atomic E-state index is 12.4. The molecule has 3 aliphatic rings. The van der Waals surface area contributed by atoms with Crippen LogP contribution in [0.4, 0.5) is 11.6 Å². The van der Waals surface area contributed by atoms with Crippen LogP contribution in [0.25, 0.3) is 10.8 Å². The summed E-state index contributed by atoms with van der Waals surface area (Å²) in [6.45, 7) is 7.93. The minimum Gasteiger partial charge on any atom is -0.474 e. The summed E-state index contributed by atoms with van der Waals surface area (Å²) in [6, 6.07) is 5.55. The van der Waals surface area contributed by atoms with Crippen molar-refractivity contribution in [1.82, 2.24) is 15.0 Å². The molecule has 0 unspecified atom stereocenters. The van der Waals surface area contributed by atoms with E-state index in [1.807, 2.05) is 33.0 Å². The second kappa shape index (κ2) is 7.62. The lowest BCUT2D eigenvalue weighted by atomic mass is 9.84. The topological polar surface area (TPSA) is 112 Å². The Hall–Kier alpha value is -3.26. The van der Waals surface area contributed by atoms with Gasteiger partial charge in [-0.25, -0.2) is 19.7 Å². The molecule has 8 heteroatoms. The molecule has 8 nitrogen and oxygen atoms in total. The first-order valence-electron chi connectivity index (χ1n) is 12.4. The van der Waals surface area contributed by atoms with E-state index in [0.29, 0.717) is 29.0 Å². The van der Waals surface area contributed by atoms with Crippen molar-refractivity contribution in [3.05, 3.63) is 47.4 Å². The normalized spacial score (nSPS) is 22.8. The maximum Gasteiger partial charge on any atom is 0.340 e. The Morgan fingerprint density at radius 1 is 1.11 bits per heavy atom. The number of nitrogens with two attached hydrogens (primary N) is 1. The number of carbonyl (C=O) groups excluding carboxylic acids is 1. The van der Waals surface area contributed by atoms with Gasteiger partial charge in [0.05, 0.1) is 16.6 Å². The Balaban J connectivity index is 1.39. The zero-order chi connectivity index (χ0) is 24.5. The van der Waals surface area contributed by atoms with E-state index in [1.54, 1.807) is 18.3 Å². The molecular weight excluding hydrogens is 442 g/mol. The SMILES string of the molecule is C[C@@H]1c2nc(Nc3cc4c([C@](C)(N)C5CC5)cnc(OC5CC5)c4cn3)ccc2C(=O)OC1(C)C. The highest BCUT2D eigenvalue weighted by Crippen LogP contribution is 2.46. The summed E-state index contributed by atoms with van der Waals surface area (Å²) in [5.74, 6) is 1.94. The predicted octanol–water partition coefficient (Wildman–Crippen LogP) is 4.95. The predicted molar refractivity (Wildman–Crippen MR) is 133 cm³/mol. The molecule has 182 valence electrons. The lowest BCUT2D eigenvalue weighted by Crippen LogP contribution is -2.39. The van der Waals surface area contributed by atoms with E-state index >= 15 is 0 Å². The van der Waals surface area contributed by atoms with Crippen molar-refractivity contribution in [2.45, 2.75) is 76.5 Å². The molecule has 6 rings (SSSR count). The number of cyclic esters (lactones) is 1. The molecule has 2 atom stereocenters. The number of pyridine rings is 3. The summed E-state index contributed by atoms with van der Waals surface area (Å²) < 4.78 is 11.7. The second-order valence-corrected chi connectivity index (χ2v) is 10.9. The zero-order valence-electron chi connectivity index (χ0n) is 20.6. The van der Waals surface area contributed by atoms with Gasteiger partial charge >= 0.3 is 5.97 Å². The molecule has 2 fully saturated rings. The van der Waals surface area contributed by atoms with E-state index in [9.17, 15) is 4.79 Å². The standard InChI is InChI=1S/C27H31N5O3/c1-14-23-17(25(33)35-26(14,2)3)9-10-21(32-23)31-22-11-18-19(12-29-22)24(34-16-7-8-16)30-13-20(18)27(4,28)15-5-6-15/h9-16H,5-8,28H2,1-4H3,(H,29,31,32)/t14-,27-/m1/s1. The highest BCUT2D eigenvalue weighted by atomic mass is 16.6. The van der Waals surface area contributed by atoms with Crippen LogP contribution in [0.2, 0.25) is 0 Å². The number of rotatable bonds is 6. The number of aromatic nitrogens is 3. The van der Waals surface area contributed by atoms with E-state index < -0.39 is 11.1 Å². The molecule has 0 saturated heterocycles. The minimum atomic E-state index is -0.620. The van der Waals surface area contributed by atoms with Gasteiger partial charge in [-0.05, 0) is 81.5 Å². The van der Waals surface area contributed by atoms with Crippen molar-refractivity contribution in [3.63, 3.8) is 0 Å². The fourth-order valence-electron chi connectivity index (χ4n) is 4.84. The number of hydrogen-bond acceptors (Lipinski definition) is 8. The third kappa shape index (κ3) is 3.89. The summed E-state index contributed by atoms with van der Waals surface area (Å²) in [5.41, 5.74) is 7.96. The highest BCUT2D eigenvalue weighted by molar-refractivity contribution is 5.93. The molecule has 3 aromatic rings. The number of esters is 1. The molecular formula is C27H31N5O3. The van der Waals surface area contributed by atoms with Crippen molar-refractivity contribution in [1.29, 1.82) is 0 Å². The third-order valence-corrected chi connectivity index (χ3v) is 7.75. The summed E-state index contributed by atoms with van der Waals surface area (Å²) in [4.78, 5) is 26.5. The van der Waals surface area contributed by atoms with Crippen LogP contribution in [0, 0.1) is 5.92 Å². The molecule has 35 heavy (non-hydrogen) atoms. The Kier molecular flexibility index (Phi) is 4.84. The van der Waals surface area contributed by atoms with E-state index in [4.69, 9.17) is 20.2 Å². The van der Waals surface area contributed by atoms with Gasteiger partial charge in [-0.3, -0.25) is 0 Å². The maximum absolute atomic E-state index is 12.4. The Bertz CT molecular complexity index is 1340. The molecule has 0 aromatic carbocycles. The Morgan fingerprint density at radius 2 is 1.89 bits per heavy atom. The first-order valence-corrected chi connectivity index (χ1v) is 12.4. The van der Waals surface area contributed by atoms with Crippen molar-refractivity contribution in [3.8, 4) is 5.88 Å². The van der Waals surface area contributed by atoms with Crippen LogP contribution in [-0.4, -0.2) is 32.6 Å². The minimum absolute atomic E-state index is 0.0437. The first kappa shape index (κ1) is 22.2. The van der Waals surface area contributed by atoms with E-state index in [0.717, 1.165) is 47.7 Å². The van der Waals surface area contributed by atoms with Crippen molar-refractivity contribution in [2.75, 3.05) is 5.32 Å². The summed E-state index contributed by atoms with van der Waals surface area (Å²) in [5, 5.41) is 5.19.